The van der Waals surface area contributed by atoms with E-state index in [1.165, 1.54) is 5.56 Å². The summed E-state index contributed by atoms with van der Waals surface area (Å²) in [5, 5.41) is 2.17. The van der Waals surface area contributed by atoms with Gasteiger partial charge in [-0.1, -0.05) is 50.2 Å². The van der Waals surface area contributed by atoms with Crippen molar-refractivity contribution in [2.24, 2.45) is 10.4 Å². The summed E-state index contributed by atoms with van der Waals surface area (Å²) in [6, 6.07) is 16.8. The summed E-state index contributed by atoms with van der Waals surface area (Å²) in [4.78, 5) is 11.7. The number of benzene rings is 2. The van der Waals surface area contributed by atoms with Gasteiger partial charge in [0.1, 0.15) is 11.4 Å². The van der Waals surface area contributed by atoms with Crippen LogP contribution in [0.1, 0.15) is 32.3 Å². The molecule has 1 unspecified atom stereocenters. The van der Waals surface area contributed by atoms with Gasteiger partial charge in [0.05, 0.1) is 6.21 Å². The number of likely N-dealkylation sites (tertiary alicyclic amines) is 1. The Hall–Kier alpha value is -2.72. The average Bonchev–Trinajstić information content (AvgIpc) is 2.72. The van der Waals surface area contributed by atoms with E-state index in [4.69, 9.17) is 9.73 Å². The Morgan fingerprint density at radius 2 is 1.93 bits per heavy atom. The molecular weight excluding hydrogens is 346 g/mol. The van der Waals surface area contributed by atoms with Crippen LogP contribution in [-0.4, -0.2) is 28.4 Å². The second kappa shape index (κ2) is 6.42. The molecule has 4 heteroatoms. The minimum atomic E-state index is -0.552. The number of nitrogens with zero attached hydrogens (tertiary/aromatic N) is 3. The van der Waals surface area contributed by atoms with Crippen LogP contribution in [0.25, 0.3) is 10.8 Å². The minimum Gasteiger partial charge on any atom is -0.464 e. The number of aromatic nitrogens is 1. The van der Waals surface area contributed by atoms with Crippen LogP contribution in [0.5, 0.6) is 5.75 Å². The van der Waals surface area contributed by atoms with Crippen molar-refractivity contribution in [1.82, 2.24) is 9.88 Å². The lowest BCUT2D eigenvalue weighted by Crippen LogP contribution is -2.66. The monoisotopic (exact) mass is 371 g/mol. The molecule has 3 aromatic rings. The molecule has 142 valence electrons. The van der Waals surface area contributed by atoms with Crippen molar-refractivity contribution in [3.05, 3.63) is 66.5 Å². The third kappa shape index (κ3) is 2.63. The van der Waals surface area contributed by atoms with E-state index in [2.05, 4.69) is 66.2 Å². The van der Waals surface area contributed by atoms with Crippen molar-refractivity contribution in [2.75, 3.05) is 6.54 Å². The van der Waals surface area contributed by atoms with E-state index in [1.807, 2.05) is 24.7 Å². The molecule has 0 aliphatic carbocycles. The number of fused-ring (bicyclic) bond motifs is 3. The van der Waals surface area contributed by atoms with Gasteiger partial charge < -0.3 is 4.74 Å². The Labute approximate surface area is 165 Å². The lowest BCUT2D eigenvalue weighted by atomic mass is 9.73. The molecule has 1 spiro atoms. The van der Waals surface area contributed by atoms with Gasteiger partial charge in [0.25, 0.3) is 0 Å². The van der Waals surface area contributed by atoms with Gasteiger partial charge in [-0.15, -0.1) is 0 Å². The quantitative estimate of drug-likeness (QED) is 0.609. The molecule has 0 bridgehead atoms. The highest BCUT2D eigenvalue weighted by Crippen LogP contribution is 2.50. The fraction of sp³-hybridized carbons (Fsp3) is 0.333. The molecule has 0 saturated carbocycles. The van der Waals surface area contributed by atoms with Gasteiger partial charge in [0, 0.05) is 36.3 Å². The predicted octanol–water partition coefficient (Wildman–Crippen LogP) is 5.35. The van der Waals surface area contributed by atoms with Gasteiger partial charge in [0.2, 0.25) is 5.72 Å². The summed E-state index contributed by atoms with van der Waals surface area (Å²) in [6.07, 6.45) is 8.00. The Kier molecular flexibility index (Phi) is 3.98. The Balaban J connectivity index is 1.60. The van der Waals surface area contributed by atoms with Gasteiger partial charge in [-0.2, -0.15) is 0 Å². The largest absolute Gasteiger partial charge is 0.464 e. The summed E-state index contributed by atoms with van der Waals surface area (Å²) < 4.78 is 6.82. The summed E-state index contributed by atoms with van der Waals surface area (Å²) >= 11 is 0. The smallest absolute Gasteiger partial charge is 0.205 e. The van der Waals surface area contributed by atoms with E-state index in [9.17, 15) is 0 Å². The maximum Gasteiger partial charge on any atom is 0.205 e. The summed E-state index contributed by atoms with van der Waals surface area (Å²) in [5.74, 6) is 0.844. The van der Waals surface area contributed by atoms with Gasteiger partial charge in [-0.05, 0) is 35.9 Å². The Morgan fingerprint density at radius 3 is 2.79 bits per heavy atom. The number of piperidine rings is 1. The molecule has 2 aliphatic heterocycles. The average molecular weight is 371 g/mol. The molecule has 3 heterocycles. The normalized spacial score (nSPS) is 23.5. The third-order valence-corrected chi connectivity index (χ3v) is 6.28. The topological polar surface area (TPSA) is 37.7 Å². The van der Waals surface area contributed by atoms with Crippen LogP contribution >= 0.6 is 0 Å². The van der Waals surface area contributed by atoms with Gasteiger partial charge in [-0.25, -0.2) is 0 Å². The molecule has 2 aromatic carbocycles. The Bertz CT molecular complexity index is 1040. The molecule has 1 atom stereocenters. The van der Waals surface area contributed by atoms with Crippen molar-refractivity contribution in [3.63, 3.8) is 0 Å². The van der Waals surface area contributed by atoms with E-state index < -0.39 is 5.72 Å². The number of hydrogen-bond donors (Lipinski definition) is 0. The van der Waals surface area contributed by atoms with Gasteiger partial charge in [-0.3, -0.25) is 14.9 Å². The summed E-state index contributed by atoms with van der Waals surface area (Å²) in [7, 11) is 0. The number of pyridine rings is 1. The molecule has 5 rings (SSSR count). The van der Waals surface area contributed by atoms with Crippen LogP contribution < -0.4 is 4.74 Å². The lowest BCUT2D eigenvalue weighted by Gasteiger charge is -2.55. The predicted molar refractivity (Wildman–Crippen MR) is 113 cm³/mol. The minimum absolute atomic E-state index is 0.0505. The molecule has 4 nitrogen and oxygen atoms in total. The Morgan fingerprint density at radius 1 is 1.07 bits per heavy atom. The van der Waals surface area contributed by atoms with Crippen molar-refractivity contribution in [2.45, 2.75) is 39.0 Å². The van der Waals surface area contributed by atoms with Crippen molar-refractivity contribution in [1.29, 1.82) is 0 Å². The van der Waals surface area contributed by atoms with Crippen LogP contribution in [0.4, 0.5) is 5.69 Å². The SMILES string of the molecule is CC1(C)CCCN(Cc2ccccc2)C12C=Nc1c(ccc3ccncc13)O2. The van der Waals surface area contributed by atoms with Crippen molar-refractivity contribution >= 4 is 22.7 Å². The maximum atomic E-state index is 6.82. The van der Waals surface area contributed by atoms with E-state index in [-0.39, 0.29) is 5.41 Å². The molecule has 1 fully saturated rings. The van der Waals surface area contributed by atoms with Crippen molar-refractivity contribution < 1.29 is 4.74 Å². The van der Waals surface area contributed by atoms with Crippen LogP contribution in [0.2, 0.25) is 0 Å². The van der Waals surface area contributed by atoms with Crippen LogP contribution in [0.3, 0.4) is 0 Å². The first kappa shape index (κ1) is 17.4. The van der Waals surface area contributed by atoms with E-state index >= 15 is 0 Å². The first-order valence-corrected chi connectivity index (χ1v) is 9.99. The van der Waals surface area contributed by atoms with E-state index in [0.29, 0.717) is 0 Å². The number of rotatable bonds is 2. The fourth-order valence-corrected chi connectivity index (χ4v) is 4.63. The number of aliphatic imine (C=N–C) groups is 1. The summed E-state index contributed by atoms with van der Waals surface area (Å²) in [5.41, 5.74) is 1.58. The summed E-state index contributed by atoms with van der Waals surface area (Å²) in [6.45, 7) is 6.43. The van der Waals surface area contributed by atoms with Gasteiger partial charge in [0.15, 0.2) is 0 Å². The zero-order chi connectivity index (χ0) is 19.2. The highest BCUT2D eigenvalue weighted by Gasteiger charge is 2.54. The van der Waals surface area contributed by atoms with E-state index in [1.54, 1.807) is 0 Å². The van der Waals surface area contributed by atoms with Crippen LogP contribution in [-0.2, 0) is 6.54 Å². The first-order valence-electron chi connectivity index (χ1n) is 9.99. The molecule has 0 amide bonds. The van der Waals surface area contributed by atoms with Crippen LogP contribution in [0.15, 0.2) is 65.9 Å². The second-order valence-electron chi connectivity index (χ2n) is 8.46. The second-order valence-corrected chi connectivity index (χ2v) is 8.46. The molecular formula is C24H25N3O. The highest BCUT2D eigenvalue weighted by molar-refractivity contribution is 5.97. The number of hydrogen-bond acceptors (Lipinski definition) is 4. The molecule has 0 N–H and O–H groups in total. The maximum absolute atomic E-state index is 6.82. The number of ether oxygens (including phenoxy) is 1. The molecule has 1 saturated heterocycles. The van der Waals surface area contributed by atoms with Crippen molar-refractivity contribution in [3.8, 4) is 5.75 Å². The standard InChI is InChI=1S/C24H25N3O/c1-23(2)12-6-14-27(16-18-7-4-3-5-8-18)24(23)17-26-22-20-15-25-13-11-19(20)9-10-21(22)28-24/h3-5,7-11,13,15,17H,6,12,14,16H2,1-2H3. The first-order chi connectivity index (χ1) is 13.6. The zero-order valence-corrected chi connectivity index (χ0v) is 16.4. The van der Waals surface area contributed by atoms with E-state index in [0.717, 1.165) is 48.1 Å². The lowest BCUT2D eigenvalue weighted by molar-refractivity contribution is -0.138. The van der Waals surface area contributed by atoms with Gasteiger partial charge >= 0.3 is 0 Å². The fourth-order valence-electron chi connectivity index (χ4n) is 4.63. The van der Waals surface area contributed by atoms with Crippen LogP contribution in [0, 0.1) is 5.41 Å². The third-order valence-electron chi connectivity index (χ3n) is 6.28. The molecule has 1 aromatic heterocycles. The highest BCUT2D eigenvalue weighted by atomic mass is 16.5. The molecule has 28 heavy (non-hydrogen) atoms. The molecule has 0 radical (unpaired) electrons. The zero-order valence-electron chi connectivity index (χ0n) is 16.4. The molecule has 2 aliphatic rings.